The minimum Gasteiger partial charge on any atom is -0.493 e. The summed E-state index contributed by atoms with van der Waals surface area (Å²) in [6.45, 7) is 4.84. The molecule has 0 saturated carbocycles. The standard InChI is InChI=1S/C20H20ClN3O3/c1-3-24(20(26)15-7-5-6-8-17(15)27-4-2)12-18-22-16-11-13(21)9-10-14(16)19(25)23-18/h5-11H,3-4,12H2,1-2H3,(H,22,23,25). The Kier molecular flexibility index (Phi) is 5.76. The monoisotopic (exact) mass is 385 g/mol. The quantitative estimate of drug-likeness (QED) is 0.703. The number of aromatic amines is 1. The fourth-order valence-corrected chi connectivity index (χ4v) is 3.01. The Morgan fingerprint density at radius 2 is 2.00 bits per heavy atom. The molecule has 7 heteroatoms. The summed E-state index contributed by atoms with van der Waals surface area (Å²) in [4.78, 5) is 34.1. The lowest BCUT2D eigenvalue weighted by atomic mass is 10.1. The molecule has 140 valence electrons. The van der Waals surface area contributed by atoms with Gasteiger partial charge in [0.25, 0.3) is 11.5 Å². The predicted molar refractivity (Wildman–Crippen MR) is 105 cm³/mol. The van der Waals surface area contributed by atoms with Crippen LogP contribution in [0.3, 0.4) is 0 Å². The third-order valence-electron chi connectivity index (χ3n) is 4.14. The summed E-state index contributed by atoms with van der Waals surface area (Å²) in [5.74, 6) is 0.754. The van der Waals surface area contributed by atoms with Gasteiger partial charge in [-0.3, -0.25) is 9.59 Å². The van der Waals surface area contributed by atoms with Gasteiger partial charge in [-0.2, -0.15) is 0 Å². The maximum Gasteiger partial charge on any atom is 0.258 e. The Morgan fingerprint density at radius 1 is 1.22 bits per heavy atom. The number of hydrogen-bond donors (Lipinski definition) is 1. The van der Waals surface area contributed by atoms with E-state index in [9.17, 15) is 9.59 Å². The molecule has 1 amide bonds. The van der Waals surface area contributed by atoms with Gasteiger partial charge < -0.3 is 14.6 Å². The first-order valence-electron chi connectivity index (χ1n) is 8.73. The van der Waals surface area contributed by atoms with Crippen molar-refractivity contribution in [3.05, 3.63) is 69.2 Å². The summed E-state index contributed by atoms with van der Waals surface area (Å²) in [6, 6.07) is 12.0. The maximum absolute atomic E-state index is 13.0. The van der Waals surface area contributed by atoms with Crippen molar-refractivity contribution in [2.24, 2.45) is 0 Å². The molecule has 0 spiro atoms. The van der Waals surface area contributed by atoms with Gasteiger partial charge >= 0.3 is 0 Å². The van der Waals surface area contributed by atoms with Crippen LogP contribution in [0.2, 0.25) is 5.02 Å². The Balaban J connectivity index is 1.92. The number of nitrogens with zero attached hydrogens (tertiary/aromatic N) is 2. The SMILES string of the molecule is CCOc1ccccc1C(=O)N(CC)Cc1nc2cc(Cl)ccc2c(=O)[nH]1. The van der Waals surface area contributed by atoms with E-state index < -0.39 is 0 Å². The van der Waals surface area contributed by atoms with Gasteiger partial charge in [-0.05, 0) is 44.2 Å². The number of hydrogen-bond acceptors (Lipinski definition) is 4. The van der Waals surface area contributed by atoms with E-state index >= 15 is 0 Å². The van der Waals surface area contributed by atoms with Crippen LogP contribution >= 0.6 is 11.6 Å². The number of halogens is 1. The van der Waals surface area contributed by atoms with Gasteiger partial charge in [0.1, 0.15) is 11.6 Å². The van der Waals surface area contributed by atoms with Crippen molar-refractivity contribution in [1.82, 2.24) is 14.9 Å². The topological polar surface area (TPSA) is 75.3 Å². The van der Waals surface area contributed by atoms with Crippen molar-refractivity contribution in [1.29, 1.82) is 0 Å². The van der Waals surface area contributed by atoms with Crippen molar-refractivity contribution in [3.8, 4) is 5.75 Å². The van der Waals surface area contributed by atoms with Crippen molar-refractivity contribution in [2.75, 3.05) is 13.2 Å². The predicted octanol–water partition coefficient (Wildman–Crippen LogP) is 3.64. The number of ether oxygens (including phenoxy) is 1. The van der Waals surface area contributed by atoms with E-state index in [0.717, 1.165) is 0 Å². The van der Waals surface area contributed by atoms with Gasteiger partial charge in [-0.1, -0.05) is 23.7 Å². The van der Waals surface area contributed by atoms with Crippen LogP contribution in [-0.2, 0) is 6.54 Å². The van der Waals surface area contributed by atoms with Crippen LogP contribution in [0.25, 0.3) is 10.9 Å². The zero-order valence-corrected chi connectivity index (χ0v) is 15.9. The lowest BCUT2D eigenvalue weighted by Gasteiger charge is -2.21. The Bertz CT molecular complexity index is 1030. The molecule has 0 aliphatic carbocycles. The molecule has 0 aliphatic heterocycles. The second kappa shape index (κ2) is 8.22. The minimum atomic E-state index is -0.259. The lowest BCUT2D eigenvalue weighted by molar-refractivity contribution is 0.0744. The number of rotatable bonds is 6. The zero-order valence-electron chi connectivity index (χ0n) is 15.2. The average molecular weight is 386 g/mol. The van der Waals surface area contributed by atoms with E-state index in [4.69, 9.17) is 16.3 Å². The molecule has 0 saturated heterocycles. The van der Waals surface area contributed by atoms with Crippen LogP contribution in [-0.4, -0.2) is 33.9 Å². The minimum absolute atomic E-state index is 0.174. The molecule has 1 N–H and O–H groups in total. The third kappa shape index (κ3) is 4.11. The molecule has 0 fully saturated rings. The number of H-pyrrole nitrogens is 1. The first-order chi connectivity index (χ1) is 13.0. The Morgan fingerprint density at radius 3 is 2.74 bits per heavy atom. The second-order valence-corrected chi connectivity index (χ2v) is 6.36. The molecule has 0 atom stereocenters. The molecule has 0 radical (unpaired) electrons. The van der Waals surface area contributed by atoms with E-state index in [1.54, 1.807) is 41.3 Å². The summed E-state index contributed by atoms with van der Waals surface area (Å²) < 4.78 is 5.56. The van der Waals surface area contributed by atoms with E-state index in [0.29, 0.717) is 46.2 Å². The number of carbonyl (C=O) groups is 1. The fraction of sp³-hybridized carbons (Fsp3) is 0.250. The van der Waals surface area contributed by atoms with E-state index in [2.05, 4.69) is 9.97 Å². The average Bonchev–Trinajstić information content (AvgIpc) is 2.66. The van der Waals surface area contributed by atoms with Crippen LogP contribution in [0, 0.1) is 0 Å². The highest BCUT2D eigenvalue weighted by atomic mass is 35.5. The number of fused-ring (bicyclic) bond motifs is 1. The van der Waals surface area contributed by atoms with Gasteiger partial charge in [0.15, 0.2) is 0 Å². The van der Waals surface area contributed by atoms with E-state index in [-0.39, 0.29) is 18.0 Å². The molecule has 6 nitrogen and oxygen atoms in total. The lowest BCUT2D eigenvalue weighted by Crippen LogP contribution is -2.32. The zero-order chi connectivity index (χ0) is 19.4. The van der Waals surface area contributed by atoms with Crippen LogP contribution in [0.15, 0.2) is 47.3 Å². The van der Waals surface area contributed by atoms with Crippen molar-refractivity contribution in [2.45, 2.75) is 20.4 Å². The fourth-order valence-electron chi connectivity index (χ4n) is 2.84. The number of amides is 1. The highest BCUT2D eigenvalue weighted by Gasteiger charge is 2.19. The smallest absolute Gasteiger partial charge is 0.258 e. The van der Waals surface area contributed by atoms with Crippen LogP contribution in [0.5, 0.6) is 5.75 Å². The summed E-state index contributed by atoms with van der Waals surface area (Å²) in [6.07, 6.45) is 0. The summed E-state index contributed by atoms with van der Waals surface area (Å²) in [5, 5.41) is 0.958. The summed E-state index contributed by atoms with van der Waals surface area (Å²) >= 11 is 6.00. The molecular formula is C20H20ClN3O3. The molecule has 3 aromatic rings. The number of aromatic nitrogens is 2. The molecule has 2 aromatic carbocycles. The van der Waals surface area contributed by atoms with Gasteiger partial charge in [0.2, 0.25) is 0 Å². The number of carbonyl (C=O) groups excluding carboxylic acids is 1. The number of nitrogens with one attached hydrogen (secondary N) is 1. The number of para-hydroxylation sites is 1. The van der Waals surface area contributed by atoms with Crippen LogP contribution < -0.4 is 10.3 Å². The van der Waals surface area contributed by atoms with E-state index in [1.807, 2.05) is 19.9 Å². The molecule has 0 unspecified atom stereocenters. The highest BCUT2D eigenvalue weighted by Crippen LogP contribution is 2.21. The first-order valence-corrected chi connectivity index (χ1v) is 9.10. The van der Waals surface area contributed by atoms with Gasteiger partial charge in [0.05, 0.1) is 29.6 Å². The van der Waals surface area contributed by atoms with Crippen molar-refractivity contribution >= 4 is 28.4 Å². The Hall–Kier alpha value is -2.86. The molecule has 0 aliphatic rings. The molecule has 27 heavy (non-hydrogen) atoms. The Labute approximate surface area is 161 Å². The van der Waals surface area contributed by atoms with E-state index in [1.165, 1.54) is 0 Å². The molecule has 1 heterocycles. The van der Waals surface area contributed by atoms with Gasteiger partial charge in [-0.15, -0.1) is 0 Å². The largest absolute Gasteiger partial charge is 0.493 e. The van der Waals surface area contributed by atoms with Crippen molar-refractivity contribution < 1.29 is 9.53 Å². The van der Waals surface area contributed by atoms with Gasteiger partial charge in [-0.25, -0.2) is 4.98 Å². The normalized spacial score (nSPS) is 10.8. The van der Waals surface area contributed by atoms with Crippen LogP contribution in [0.4, 0.5) is 0 Å². The molecular weight excluding hydrogens is 366 g/mol. The van der Waals surface area contributed by atoms with Crippen molar-refractivity contribution in [3.63, 3.8) is 0 Å². The first kappa shape index (κ1) is 18.9. The highest BCUT2D eigenvalue weighted by molar-refractivity contribution is 6.31. The molecule has 0 bridgehead atoms. The molecule has 3 rings (SSSR count). The number of benzene rings is 2. The summed E-state index contributed by atoms with van der Waals surface area (Å²) in [5.41, 5.74) is 0.719. The third-order valence-corrected chi connectivity index (χ3v) is 4.38. The van der Waals surface area contributed by atoms with Gasteiger partial charge in [0, 0.05) is 11.6 Å². The molecule has 1 aromatic heterocycles. The van der Waals surface area contributed by atoms with Crippen LogP contribution in [0.1, 0.15) is 30.0 Å². The maximum atomic E-state index is 13.0. The second-order valence-electron chi connectivity index (χ2n) is 5.92. The summed E-state index contributed by atoms with van der Waals surface area (Å²) in [7, 11) is 0.